The van der Waals surface area contributed by atoms with Gasteiger partial charge in [0.25, 0.3) is 0 Å². The van der Waals surface area contributed by atoms with Crippen LogP contribution in [0.4, 0.5) is 11.4 Å². The maximum atomic E-state index is 12.4. The molecular weight excluding hydrogens is 813 g/mol. The lowest BCUT2D eigenvalue weighted by atomic mass is 9.77. The first kappa shape index (κ1) is 49.2. The number of esters is 1. The van der Waals surface area contributed by atoms with E-state index < -0.39 is 43.6 Å². The Labute approximate surface area is 357 Å². The van der Waals surface area contributed by atoms with Crippen molar-refractivity contribution in [1.29, 1.82) is 0 Å². The molecule has 0 amide bonds. The Hall–Kier alpha value is -3.48. The van der Waals surface area contributed by atoms with Gasteiger partial charge >= 0.3 is 5.97 Å². The van der Waals surface area contributed by atoms with Crippen LogP contribution in [0, 0.1) is 0 Å². The molecule has 334 valence electrons. The third-order valence-electron chi connectivity index (χ3n) is 11.1. The molecule has 1 atom stereocenters. The molecule has 0 bridgehead atoms. The number of carbonyl (C=O) groups excluding carboxylic acids is 1. The van der Waals surface area contributed by atoms with Crippen LogP contribution in [-0.2, 0) is 59.5 Å². The molecule has 2 aliphatic rings. The number of fused-ring (bicyclic) bond motifs is 2. The molecule has 2 heterocycles. The van der Waals surface area contributed by atoms with Crippen molar-refractivity contribution in [3.05, 3.63) is 71.5 Å². The summed E-state index contributed by atoms with van der Waals surface area (Å²) in [4.78, 5) is 13.6. The molecule has 60 heavy (non-hydrogen) atoms. The Balaban J connectivity index is 1.87. The number of anilines is 1. The van der Waals surface area contributed by atoms with E-state index in [0.717, 1.165) is 22.8 Å². The molecule has 0 N–H and O–H groups in total. The van der Waals surface area contributed by atoms with Crippen LogP contribution in [0.5, 0.6) is 0 Å². The molecule has 0 saturated heterocycles. The molecule has 1 unspecified atom stereocenters. The van der Waals surface area contributed by atoms with Crippen molar-refractivity contribution in [2.75, 3.05) is 51.0 Å². The van der Waals surface area contributed by atoms with E-state index in [4.69, 9.17) is 23.7 Å². The van der Waals surface area contributed by atoms with Crippen LogP contribution in [0.2, 0.25) is 0 Å². The predicted molar refractivity (Wildman–Crippen MR) is 227 cm³/mol. The summed E-state index contributed by atoms with van der Waals surface area (Å²) in [6.45, 7) is 18.4. The van der Waals surface area contributed by atoms with Crippen LogP contribution in [-0.4, -0.2) is 101 Å². The Morgan fingerprint density at radius 1 is 0.767 bits per heavy atom. The zero-order valence-electron chi connectivity index (χ0n) is 36.4. The highest BCUT2D eigenvalue weighted by Crippen LogP contribution is 2.52. The van der Waals surface area contributed by atoms with E-state index in [1.807, 2.05) is 66.7 Å². The SMILES string of the molecule is CCOC(=O)CCCCCC1(C)C(=CC=CC2=[N+](CCC(OCC)OCC)c3ccc(S(=O)(=O)[O-])cc3C2(C)C)N(CCC(OCC)OCC)c2ccc(S(=O)(=O)[O-])cc21. The molecule has 0 saturated carbocycles. The number of rotatable bonds is 25. The summed E-state index contributed by atoms with van der Waals surface area (Å²) >= 11 is 0. The molecule has 2 aromatic rings. The van der Waals surface area contributed by atoms with E-state index in [0.29, 0.717) is 102 Å². The average Bonchev–Trinajstić information content (AvgIpc) is 3.54. The van der Waals surface area contributed by atoms with Gasteiger partial charge in [0.1, 0.15) is 20.2 Å². The summed E-state index contributed by atoms with van der Waals surface area (Å²) in [6, 6.07) is 8.97. The fourth-order valence-corrected chi connectivity index (χ4v) is 9.27. The Bertz CT molecular complexity index is 2100. The molecular formula is C44H63N2O12S2-. The first-order valence-corrected chi connectivity index (χ1v) is 23.8. The number of benzene rings is 2. The van der Waals surface area contributed by atoms with Gasteiger partial charge in [0.15, 0.2) is 24.8 Å². The summed E-state index contributed by atoms with van der Waals surface area (Å²) in [5, 5.41) is 0. The largest absolute Gasteiger partial charge is 0.744 e. The van der Waals surface area contributed by atoms with E-state index in [9.17, 15) is 30.7 Å². The van der Waals surface area contributed by atoms with Crippen molar-refractivity contribution < 1.29 is 59.0 Å². The molecule has 4 rings (SSSR count). The fourth-order valence-electron chi connectivity index (χ4n) is 8.27. The average molecular weight is 876 g/mol. The van der Waals surface area contributed by atoms with Gasteiger partial charge in [-0.25, -0.2) is 16.8 Å². The van der Waals surface area contributed by atoms with Crippen LogP contribution in [0.3, 0.4) is 0 Å². The van der Waals surface area contributed by atoms with E-state index in [1.54, 1.807) is 19.1 Å². The maximum absolute atomic E-state index is 12.4. The van der Waals surface area contributed by atoms with Crippen molar-refractivity contribution in [2.24, 2.45) is 0 Å². The minimum Gasteiger partial charge on any atom is -0.744 e. The first-order chi connectivity index (χ1) is 28.4. The molecule has 0 spiro atoms. The predicted octanol–water partition coefficient (Wildman–Crippen LogP) is 7.18. The summed E-state index contributed by atoms with van der Waals surface area (Å²) in [7, 11) is -9.50. The third-order valence-corrected chi connectivity index (χ3v) is 12.8. The normalized spacial score (nSPS) is 18.4. The van der Waals surface area contributed by atoms with Gasteiger partial charge in [-0.2, -0.15) is 4.58 Å². The summed E-state index contributed by atoms with van der Waals surface area (Å²) in [6.07, 6.45) is 8.84. The van der Waals surface area contributed by atoms with Gasteiger partial charge in [0, 0.05) is 80.3 Å². The lowest BCUT2D eigenvalue weighted by Gasteiger charge is -2.31. The van der Waals surface area contributed by atoms with Gasteiger partial charge in [-0.1, -0.05) is 18.9 Å². The first-order valence-electron chi connectivity index (χ1n) is 21.0. The molecule has 14 nitrogen and oxygen atoms in total. The fraction of sp³-hybridized carbons (Fsp3) is 0.591. The van der Waals surface area contributed by atoms with Gasteiger partial charge in [-0.15, -0.1) is 0 Å². The van der Waals surface area contributed by atoms with Crippen LogP contribution < -0.4 is 4.90 Å². The highest BCUT2D eigenvalue weighted by molar-refractivity contribution is 7.86. The zero-order chi connectivity index (χ0) is 44.3. The maximum Gasteiger partial charge on any atom is 0.305 e. The molecule has 0 aromatic heterocycles. The lowest BCUT2D eigenvalue weighted by molar-refractivity contribution is -0.443. The Morgan fingerprint density at radius 3 is 1.90 bits per heavy atom. The van der Waals surface area contributed by atoms with Gasteiger partial charge in [-0.05, 0) is 110 Å². The molecule has 2 aliphatic heterocycles. The second-order valence-electron chi connectivity index (χ2n) is 15.4. The number of unbranched alkanes of at least 4 members (excludes halogenated alkanes) is 2. The van der Waals surface area contributed by atoms with Crippen LogP contribution in [0.25, 0.3) is 0 Å². The Morgan fingerprint density at radius 2 is 1.33 bits per heavy atom. The molecule has 2 aromatic carbocycles. The molecule has 0 fully saturated rings. The number of hydrogen-bond donors (Lipinski definition) is 0. The zero-order valence-corrected chi connectivity index (χ0v) is 38.0. The topological polar surface area (TPSA) is 184 Å². The number of carbonyl (C=O) groups is 1. The third kappa shape index (κ3) is 11.9. The van der Waals surface area contributed by atoms with Crippen LogP contribution >= 0.6 is 0 Å². The number of ether oxygens (including phenoxy) is 5. The second kappa shape index (κ2) is 21.5. The number of allylic oxidation sites excluding steroid dienone is 4. The van der Waals surface area contributed by atoms with Crippen LogP contribution in [0.15, 0.2) is 70.1 Å². The monoisotopic (exact) mass is 875 g/mol. The van der Waals surface area contributed by atoms with E-state index in [2.05, 4.69) is 9.48 Å². The molecule has 0 radical (unpaired) electrons. The summed E-state index contributed by atoms with van der Waals surface area (Å²) in [5.74, 6) is -0.254. The van der Waals surface area contributed by atoms with Gasteiger partial charge in [0.05, 0.1) is 28.2 Å². The second-order valence-corrected chi connectivity index (χ2v) is 18.2. The minimum atomic E-state index is -4.78. The van der Waals surface area contributed by atoms with Gasteiger partial charge in [-0.3, -0.25) is 4.79 Å². The van der Waals surface area contributed by atoms with E-state index >= 15 is 0 Å². The van der Waals surface area contributed by atoms with Crippen molar-refractivity contribution in [2.45, 2.75) is 134 Å². The highest BCUT2D eigenvalue weighted by atomic mass is 32.2. The quantitative estimate of drug-likeness (QED) is 0.0322. The Kier molecular flexibility index (Phi) is 17.7. The standard InChI is InChI=1S/C44H64N2O12S2/c1-9-54-40(47)20-15-14-16-27-44(8)35-31-33(60(51,52)53)22-24-37(35)46(29-26-42(57-12-4)58-13-5)39(44)19-17-18-38-43(6,7)34-30-32(59(48,49)50)21-23-36(34)45(38)28-25-41(55-10-2)56-11-3/h17-19,21-24,30-31,41-42H,9-16,20,25-29H2,1-8H3,(H-,48,49,50,51,52,53)/p-1. The van der Waals surface area contributed by atoms with Crippen LogP contribution in [0.1, 0.15) is 111 Å². The number of hydrogen-bond acceptors (Lipinski definition) is 13. The molecule has 16 heteroatoms. The van der Waals surface area contributed by atoms with Crippen molar-refractivity contribution in [3.63, 3.8) is 0 Å². The van der Waals surface area contributed by atoms with Crippen molar-refractivity contribution in [1.82, 2.24) is 0 Å². The molecule has 0 aliphatic carbocycles. The summed E-state index contributed by atoms with van der Waals surface area (Å²) < 4.78 is 104. The minimum absolute atomic E-state index is 0.254. The summed E-state index contributed by atoms with van der Waals surface area (Å²) in [5.41, 5.74) is 3.10. The van der Waals surface area contributed by atoms with E-state index in [-0.39, 0.29) is 15.8 Å². The van der Waals surface area contributed by atoms with Gasteiger partial charge in [0.2, 0.25) is 5.69 Å². The van der Waals surface area contributed by atoms with Crippen molar-refractivity contribution >= 4 is 43.3 Å². The lowest BCUT2D eigenvalue weighted by Crippen LogP contribution is -2.32. The van der Waals surface area contributed by atoms with Gasteiger partial charge < -0.3 is 37.7 Å². The smallest absolute Gasteiger partial charge is 0.305 e. The van der Waals surface area contributed by atoms with Crippen molar-refractivity contribution in [3.8, 4) is 0 Å². The van der Waals surface area contributed by atoms with E-state index in [1.165, 1.54) is 24.3 Å². The number of nitrogens with zero attached hydrogens (tertiary/aromatic N) is 2. The highest BCUT2D eigenvalue weighted by Gasteiger charge is 2.46.